The van der Waals surface area contributed by atoms with Crippen LogP contribution in [0.5, 0.6) is 0 Å². The van der Waals surface area contributed by atoms with Crippen LogP contribution in [0.1, 0.15) is 70.2 Å². The van der Waals surface area contributed by atoms with Gasteiger partial charge in [-0.05, 0) is 73.0 Å². The van der Waals surface area contributed by atoms with E-state index in [-0.39, 0.29) is 219 Å². The smallest absolute Gasteiger partial charge is 1.00 e. The third-order valence-electron chi connectivity index (χ3n) is 15.0. The van der Waals surface area contributed by atoms with Gasteiger partial charge in [-0.2, -0.15) is 19.8 Å². The zero-order valence-corrected chi connectivity index (χ0v) is 119. The molecule has 0 amide bonds. The van der Waals surface area contributed by atoms with Crippen molar-refractivity contribution in [3.05, 3.63) is 121 Å². The van der Waals surface area contributed by atoms with Crippen LogP contribution in [0, 0.1) is 11.1 Å². The van der Waals surface area contributed by atoms with Gasteiger partial charge in [-0.1, -0.05) is 0 Å². The first-order chi connectivity index (χ1) is 62.3. The molecule has 137 heavy (non-hydrogen) atoms. The number of carboxylic acid groups (broad SMARTS) is 1. The van der Waals surface area contributed by atoms with Crippen molar-refractivity contribution in [2.24, 2.45) is 52.2 Å². The van der Waals surface area contributed by atoms with Gasteiger partial charge in [-0.25, -0.2) is 4.79 Å². The minimum absolute atomic E-state index is 0. The maximum atomic E-state index is 14.6. The number of aliphatic hydroxyl groups is 2. The SMILES string of the molecule is CC1(C)OC[C@H](C(O[C](=O)[BiH][c]2ccccc2)C(F)(F)C(=O)[O-])O1.CCOC(=O)C(F)(F)C(O)[C@H]1COC(C)(C)O1.CCOC(=O)C(F)(F)C(O[C](=O)[BiH][c]1ccccc1)[C@H]1COC(C)(C)O1.CC[C@H]1OC(=O)C(F)(F)[C@H]1O[C](=O)[BiH][c]1ccccc1.Cl.I[I-]I.N=N/N=N/N=N/N=N/N=N/N=N.O=CO[O-].O=[C](O[C@H]1[C@@H](CO)OC(=O)C1(F)F)[BiH][c]1ccccc1.[H-].[I][V]([I])[I].[I][V][I].[K+].[K+].[K+]. The second-order valence-electron chi connectivity index (χ2n) is 25.6. The predicted molar refractivity (Wildman–Crippen MR) is 498 cm³/mol. The van der Waals surface area contributed by atoms with Gasteiger partial charge in [-0.15, -0.1) is 12.4 Å². The summed E-state index contributed by atoms with van der Waals surface area (Å²) in [5.41, 5.74) is 12.2. The number of cyclic esters (lactones) is 2. The first-order valence-corrected chi connectivity index (χ1v) is 86.8. The molecular weight excluding hydrogens is 3740 g/mol. The van der Waals surface area contributed by atoms with E-state index in [0.717, 1.165) is 13.1 Å². The molecule has 5 aliphatic rings. The summed E-state index contributed by atoms with van der Waals surface area (Å²) < 4.78 is 207. The van der Waals surface area contributed by atoms with Gasteiger partial charge in [0.15, 0.2) is 11.9 Å². The normalized spacial score (nSPS) is 19.6. The van der Waals surface area contributed by atoms with Crippen LogP contribution in [0.15, 0.2) is 174 Å². The van der Waals surface area contributed by atoms with E-state index in [1.54, 1.807) is 136 Å². The second kappa shape index (κ2) is 80.7. The first-order valence-electron chi connectivity index (χ1n) is 36.1. The monoisotopic (exact) mass is 3830 g/mol. The molecule has 0 spiro atoms. The molecular formula is C68H82Bi4ClF10I8K3N12O29V2-. The number of esters is 4. The van der Waals surface area contributed by atoms with Gasteiger partial charge >= 0.3 is 891 Å². The minimum atomic E-state index is -4.38. The number of ether oxygens (including phenoxy) is 14. The second-order valence-corrected chi connectivity index (χ2v) is 108. The van der Waals surface area contributed by atoms with E-state index in [2.05, 4.69) is 213 Å². The van der Waals surface area contributed by atoms with Crippen molar-refractivity contribution < 1.29 is 367 Å². The number of carboxylic acids is 1. The maximum Gasteiger partial charge on any atom is 1.00 e. The molecule has 4 aromatic rings. The number of nitrogens with one attached hydrogen (secondary N) is 2. The fourth-order valence-electron chi connectivity index (χ4n) is 9.68. The minimum Gasteiger partial charge on any atom is 1.00 e. The van der Waals surface area contributed by atoms with E-state index < -0.39 is 252 Å². The van der Waals surface area contributed by atoms with Crippen molar-refractivity contribution in [3.8, 4) is 0 Å². The molecule has 5 fully saturated rings. The molecule has 0 radical (unpaired) electrons. The number of nitrogens with zero attached hydrogens (tertiary/aromatic N) is 10. The van der Waals surface area contributed by atoms with Crippen LogP contribution in [0.3, 0.4) is 0 Å². The number of carbonyl (C=O) groups excluding carboxylic acids is 10. The summed E-state index contributed by atoms with van der Waals surface area (Å²) in [4.78, 5) is 114. The third-order valence-corrected chi connectivity index (χ3v) is 29.7. The Hall–Kier alpha value is 3.86. The van der Waals surface area contributed by atoms with Crippen molar-refractivity contribution >= 4 is 307 Å². The number of aliphatic hydroxyl groups excluding tert-OH is 2. The summed E-state index contributed by atoms with van der Waals surface area (Å²) >= 11 is 8.90. The topological polar surface area (TPSA) is 567 Å². The number of alkyl halides is 10. The van der Waals surface area contributed by atoms with Gasteiger partial charge < -0.3 is 30.9 Å². The summed E-state index contributed by atoms with van der Waals surface area (Å²) in [7, 11) is 0.628. The summed E-state index contributed by atoms with van der Waals surface area (Å²) in [5, 5.41) is 65.3. The summed E-state index contributed by atoms with van der Waals surface area (Å²) in [6.07, 6.45) is -16.9. The van der Waals surface area contributed by atoms with Crippen LogP contribution in [0.2, 0.25) is 0 Å². The average Bonchev–Trinajstić information content (AvgIpc) is 1.63. The van der Waals surface area contributed by atoms with Crippen LogP contribution in [-0.2, 0) is 114 Å². The Balaban J connectivity index is -0.000000369. The summed E-state index contributed by atoms with van der Waals surface area (Å²) in [6, 6.07) is 35.0. The Morgan fingerprint density at radius 1 is 0.547 bits per heavy atom. The number of halogens is 19. The van der Waals surface area contributed by atoms with Gasteiger partial charge in [0.2, 0.25) is 0 Å². The van der Waals surface area contributed by atoms with E-state index in [1.807, 2.05) is 6.07 Å². The molecule has 0 aliphatic carbocycles. The molecule has 4 aromatic carbocycles. The van der Waals surface area contributed by atoms with E-state index >= 15 is 0 Å². The van der Waals surface area contributed by atoms with E-state index in [4.69, 9.17) is 73.6 Å². The predicted octanol–water partition coefficient (Wildman–Crippen LogP) is -1.27. The Morgan fingerprint density at radius 3 is 1.07 bits per heavy atom. The number of benzene rings is 4. The number of hydrogen-bond acceptors (Lipinski definition) is 31. The number of hydrogen-bond donors (Lipinski definition) is 4. The molecule has 0 saturated carbocycles. The van der Waals surface area contributed by atoms with Gasteiger partial charge in [0.25, 0.3) is 6.47 Å². The molecule has 9 rings (SSSR count). The van der Waals surface area contributed by atoms with Crippen molar-refractivity contribution in [1.29, 1.82) is 11.1 Å². The fourth-order valence-corrected chi connectivity index (χ4v) is 21.8. The van der Waals surface area contributed by atoms with Crippen LogP contribution in [-0.4, -0.2) is 302 Å². The third kappa shape index (κ3) is 60.9. The first kappa shape index (κ1) is 149. The van der Waals surface area contributed by atoms with Gasteiger partial charge in [0, 0.05) is 0 Å². The fraction of sp³-hybridized carbons (Fsp3) is 0.500. The van der Waals surface area contributed by atoms with Crippen LogP contribution >= 0.6 is 150 Å². The van der Waals surface area contributed by atoms with E-state index in [0.29, 0.717) is 22.7 Å². The molecule has 755 valence electrons. The molecule has 5 heterocycles. The standard InChI is InChI=1S/C11H15F2O6.C10H16F2O5.C9H11F2O6.C7H7F2O4.C6H5F2O5.4C6H5.CH2O3.4Bi.ClH.I3.5HI.3K.H2N12.2V.5H/c1-4-16-9(15)11(12,13)8(17-6-14)7-5-18-10(2,3)19-7;1-4-15-8(14)10(11,12)7(13)6-5-16-9(2,3)17-6;1-8(2)16-3-5(17-8)6(15-4-12)9(10,11)7(13)14;1-2-4-5(12-3-10)7(8,9)6(11)13-4;7-6(8)4(12-2-10)3(1-9)13-5(6)11;4*1-2-4-6-5-3-1;2-1-4-3;;;;;;1-3-2;;;;;;;;;1-3-5-7-9-11-12-10-8-6-4-2;;;;;;;/h7-8H,4-5H2,1-3H3;6-7,13H,4-5H2,1-3H3;5-6H,3H2,1-2H3,(H,13,14);4-5H,2H2,1H3;3-4,9H,1H2;4*1-5H;1,3H;;;;;1H;;5*1H;;;;1-2H;;;;;;;/q;;;;;;;;;;;;;;;-1;;;;;;3*+1;;+2;+3;;;;;-1/p-7/b;;;;;;;;;;;;;;;;;;;;;;;;3-1?,4-2?,7-5+,8-6+,11-9+,12-10+;;;;;;;/t7-,8?;6-,7?;5-,6?;4-,5+;3-,4+;;;;;;;;;;;;;;;;;;;;;;;;;;;/m11111.........................../s1. The molecule has 0 aromatic heterocycles. The summed E-state index contributed by atoms with van der Waals surface area (Å²) in [5.74, 6) is -33.0. The molecule has 5 aliphatic heterocycles. The Bertz CT molecular complexity index is 4280. The zero-order chi connectivity index (χ0) is 102. The van der Waals surface area contributed by atoms with Gasteiger partial charge in [0.1, 0.15) is 6.10 Å². The molecule has 69 heteroatoms. The number of rotatable bonds is 31. The van der Waals surface area contributed by atoms with Gasteiger partial charge in [-0.3, -0.25) is 4.79 Å². The number of aliphatic carboxylic acids is 1. The Kier molecular flexibility index (Phi) is 87.9. The molecule has 41 nitrogen and oxygen atoms in total. The maximum absolute atomic E-state index is 14.6. The quantitative estimate of drug-likeness (QED) is 0.00525. The molecule has 10 atom stereocenters. The van der Waals surface area contributed by atoms with Crippen molar-refractivity contribution in [1.82, 2.24) is 0 Å². The molecule has 4 N–H and O–H groups in total. The van der Waals surface area contributed by atoms with E-state index in [1.165, 1.54) is 41.5 Å². The van der Waals surface area contributed by atoms with Gasteiger partial charge in [0.05, 0.1) is 13.2 Å². The van der Waals surface area contributed by atoms with Crippen LogP contribution < -0.4 is 191 Å². The van der Waals surface area contributed by atoms with Crippen molar-refractivity contribution in [2.75, 3.05) is 39.6 Å². The van der Waals surface area contributed by atoms with E-state index in [9.17, 15) is 97.3 Å². The van der Waals surface area contributed by atoms with Crippen molar-refractivity contribution in [3.63, 3.8) is 0 Å². The molecule has 5 saturated heterocycles. The Morgan fingerprint density at radius 2 is 0.810 bits per heavy atom. The zero-order valence-electron chi connectivity index (χ0n) is 73.8. The van der Waals surface area contributed by atoms with Crippen LogP contribution in [0.25, 0.3) is 0 Å². The van der Waals surface area contributed by atoms with Crippen molar-refractivity contribution in [2.45, 2.75) is 177 Å². The molecule has 0 bridgehead atoms. The van der Waals surface area contributed by atoms with Crippen LogP contribution in [0.4, 0.5) is 63.1 Å². The Labute approximate surface area is 1050 Å². The average molecular weight is 3830 g/mol. The largest absolute Gasteiger partial charge is 1.00 e. The molecule has 3 unspecified atom stereocenters. The number of carbonyl (C=O) groups is 10. The summed E-state index contributed by atoms with van der Waals surface area (Å²) in [6.45, 7) is 11.4.